The van der Waals surface area contributed by atoms with Gasteiger partial charge in [0, 0.05) is 29.9 Å². The Bertz CT molecular complexity index is 784. The average Bonchev–Trinajstić information content (AvgIpc) is 3.22. The van der Waals surface area contributed by atoms with E-state index in [2.05, 4.69) is 22.2 Å². The van der Waals surface area contributed by atoms with E-state index in [1.54, 1.807) is 6.20 Å². The van der Waals surface area contributed by atoms with Crippen molar-refractivity contribution in [3.05, 3.63) is 47.7 Å². The van der Waals surface area contributed by atoms with Gasteiger partial charge in [-0.3, -0.25) is 4.79 Å². The third kappa shape index (κ3) is 5.07. The van der Waals surface area contributed by atoms with Crippen LogP contribution in [0.4, 0.5) is 5.82 Å². The van der Waals surface area contributed by atoms with Crippen LogP contribution in [-0.4, -0.2) is 42.0 Å². The monoisotopic (exact) mass is 366 g/mol. The number of anilines is 1. The zero-order valence-corrected chi connectivity index (χ0v) is 16.4. The molecule has 0 saturated heterocycles. The normalized spacial score (nSPS) is 14.6. The molecule has 2 aromatic rings. The molecule has 5 heteroatoms. The van der Waals surface area contributed by atoms with Crippen molar-refractivity contribution in [1.29, 1.82) is 0 Å². The maximum absolute atomic E-state index is 12.5. The summed E-state index contributed by atoms with van der Waals surface area (Å²) < 4.78 is 0. The van der Waals surface area contributed by atoms with Gasteiger partial charge < -0.3 is 16.0 Å². The van der Waals surface area contributed by atoms with Gasteiger partial charge in [-0.05, 0) is 69.1 Å². The van der Waals surface area contributed by atoms with E-state index in [1.807, 2.05) is 37.3 Å². The molecule has 0 radical (unpaired) electrons. The van der Waals surface area contributed by atoms with E-state index in [4.69, 9.17) is 5.73 Å². The van der Waals surface area contributed by atoms with Crippen LogP contribution in [0.3, 0.4) is 0 Å². The number of amides is 1. The molecule has 0 aliphatic heterocycles. The van der Waals surface area contributed by atoms with Gasteiger partial charge in [0.2, 0.25) is 0 Å². The van der Waals surface area contributed by atoms with Crippen LogP contribution in [0.1, 0.15) is 48.0 Å². The third-order valence-corrected chi connectivity index (χ3v) is 5.50. The molecule has 27 heavy (non-hydrogen) atoms. The number of hydrogen-bond acceptors (Lipinski definition) is 4. The van der Waals surface area contributed by atoms with Gasteiger partial charge in [0.1, 0.15) is 5.82 Å². The van der Waals surface area contributed by atoms with E-state index in [0.29, 0.717) is 17.9 Å². The van der Waals surface area contributed by atoms with Crippen LogP contribution in [0.5, 0.6) is 0 Å². The van der Waals surface area contributed by atoms with Crippen LogP contribution in [0, 0.1) is 6.92 Å². The molecule has 1 heterocycles. The number of nitrogens with one attached hydrogen (secondary N) is 1. The van der Waals surface area contributed by atoms with Gasteiger partial charge in [-0.15, -0.1) is 0 Å². The molecule has 1 saturated carbocycles. The molecule has 144 valence electrons. The highest BCUT2D eigenvalue weighted by Crippen LogP contribution is 2.23. The molecular weight excluding hydrogens is 336 g/mol. The van der Waals surface area contributed by atoms with E-state index in [0.717, 1.165) is 35.7 Å². The highest BCUT2D eigenvalue weighted by atomic mass is 16.1. The molecular formula is C22H30N4O. The summed E-state index contributed by atoms with van der Waals surface area (Å²) in [4.78, 5) is 19.1. The van der Waals surface area contributed by atoms with Crippen molar-refractivity contribution in [2.45, 2.75) is 45.1 Å². The second kappa shape index (κ2) is 9.00. The van der Waals surface area contributed by atoms with Crippen molar-refractivity contribution in [3.63, 3.8) is 0 Å². The zero-order chi connectivity index (χ0) is 19.2. The Morgan fingerprint density at radius 2 is 2.04 bits per heavy atom. The Labute approximate surface area is 162 Å². The van der Waals surface area contributed by atoms with Crippen molar-refractivity contribution in [1.82, 2.24) is 15.2 Å². The first kappa shape index (κ1) is 19.4. The van der Waals surface area contributed by atoms with Crippen LogP contribution < -0.4 is 11.1 Å². The molecule has 0 unspecified atom stereocenters. The summed E-state index contributed by atoms with van der Waals surface area (Å²) in [6.07, 6.45) is 8.05. The summed E-state index contributed by atoms with van der Waals surface area (Å²) in [5.74, 6) is 0.510. The summed E-state index contributed by atoms with van der Waals surface area (Å²) >= 11 is 0. The van der Waals surface area contributed by atoms with Gasteiger partial charge in [-0.2, -0.15) is 0 Å². The van der Waals surface area contributed by atoms with E-state index in [9.17, 15) is 4.79 Å². The molecule has 1 aromatic carbocycles. The standard InChI is InChI=1S/C22H30N4O/c1-16-13-19(15-25-21(16)23)17-7-5-8-18(14-17)22(27)24-11-6-12-26(2)20-9-3-4-10-20/h5,7-8,13-15,20H,3-4,6,9-12H2,1-2H3,(H2,23,25)(H,24,27). The first-order chi connectivity index (χ1) is 13.0. The second-order valence-electron chi connectivity index (χ2n) is 7.54. The van der Waals surface area contributed by atoms with Crippen LogP contribution in [0.15, 0.2) is 36.5 Å². The molecule has 5 nitrogen and oxygen atoms in total. The molecule has 0 spiro atoms. The first-order valence-corrected chi connectivity index (χ1v) is 9.85. The summed E-state index contributed by atoms with van der Waals surface area (Å²) in [7, 11) is 2.20. The maximum atomic E-state index is 12.5. The molecule has 1 aliphatic rings. The third-order valence-electron chi connectivity index (χ3n) is 5.50. The fourth-order valence-electron chi connectivity index (χ4n) is 3.74. The quantitative estimate of drug-likeness (QED) is 0.734. The zero-order valence-electron chi connectivity index (χ0n) is 16.4. The molecule has 1 amide bonds. The number of nitrogens with two attached hydrogens (primary N) is 1. The van der Waals surface area contributed by atoms with Crippen molar-refractivity contribution in [3.8, 4) is 11.1 Å². The van der Waals surface area contributed by atoms with Crippen molar-refractivity contribution in [2.75, 3.05) is 25.9 Å². The number of aryl methyl sites for hydroxylation is 1. The molecule has 1 fully saturated rings. The predicted octanol–water partition coefficient (Wildman–Crippen LogP) is 3.63. The number of pyridine rings is 1. The minimum atomic E-state index is -0.0273. The molecule has 3 N–H and O–H groups in total. The lowest BCUT2D eigenvalue weighted by molar-refractivity contribution is 0.0951. The highest BCUT2D eigenvalue weighted by molar-refractivity contribution is 5.95. The van der Waals surface area contributed by atoms with E-state index >= 15 is 0 Å². The van der Waals surface area contributed by atoms with E-state index in [1.165, 1.54) is 25.7 Å². The topological polar surface area (TPSA) is 71.2 Å². The van der Waals surface area contributed by atoms with Crippen molar-refractivity contribution < 1.29 is 4.79 Å². The van der Waals surface area contributed by atoms with Gasteiger partial charge >= 0.3 is 0 Å². The SMILES string of the molecule is Cc1cc(-c2cccc(C(=O)NCCCN(C)C3CCCC3)c2)cnc1N. The number of benzene rings is 1. The lowest BCUT2D eigenvalue weighted by Crippen LogP contribution is -2.33. The van der Waals surface area contributed by atoms with Crippen molar-refractivity contribution in [2.24, 2.45) is 0 Å². The Balaban J connectivity index is 1.53. The van der Waals surface area contributed by atoms with Crippen LogP contribution in [0.25, 0.3) is 11.1 Å². The number of carbonyl (C=O) groups is 1. The molecule has 1 aliphatic carbocycles. The van der Waals surface area contributed by atoms with Gasteiger partial charge in [0.25, 0.3) is 5.91 Å². The van der Waals surface area contributed by atoms with Crippen LogP contribution in [-0.2, 0) is 0 Å². The summed E-state index contributed by atoms with van der Waals surface area (Å²) in [6, 6.07) is 10.4. The minimum absolute atomic E-state index is 0.0273. The number of aromatic nitrogens is 1. The maximum Gasteiger partial charge on any atom is 0.251 e. The molecule has 3 rings (SSSR count). The van der Waals surface area contributed by atoms with Crippen LogP contribution in [0.2, 0.25) is 0 Å². The number of nitrogens with zero attached hydrogens (tertiary/aromatic N) is 2. The molecule has 1 aromatic heterocycles. The van der Waals surface area contributed by atoms with E-state index in [-0.39, 0.29) is 5.91 Å². The minimum Gasteiger partial charge on any atom is -0.383 e. The lowest BCUT2D eigenvalue weighted by Gasteiger charge is -2.23. The second-order valence-corrected chi connectivity index (χ2v) is 7.54. The first-order valence-electron chi connectivity index (χ1n) is 9.85. The number of rotatable bonds is 7. The fraction of sp³-hybridized carbons (Fsp3) is 0.455. The number of hydrogen-bond donors (Lipinski definition) is 2. The highest BCUT2D eigenvalue weighted by Gasteiger charge is 2.18. The molecule has 0 bridgehead atoms. The molecule has 0 atom stereocenters. The average molecular weight is 367 g/mol. The van der Waals surface area contributed by atoms with Crippen LogP contribution >= 0.6 is 0 Å². The Hall–Kier alpha value is -2.40. The van der Waals surface area contributed by atoms with Gasteiger partial charge in [0.15, 0.2) is 0 Å². The summed E-state index contributed by atoms with van der Waals surface area (Å²) in [5, 5.41) is 3.04. The summed E-state index contributed by atoms with van der Waals surface area (Å²) in [6.45, 7) is 3.66. The number of carbonyl (C=O) groups excluding carboxylic acids is 1. The Morgan fingerprint density at radius 3 is 2.78 bits per heavy atom. The number of nitrogen functional groups attached to an aromatic ring is 1. The smallest absolute Gasteiger partial charge is 0.251 e. The van der Waals surface area contributed by atoms with Gasteiger partial charge in [0.05, 0.1) is 0 Å². The Kier molecular flexibility index (Phi) is 6.45. The summed E-state index contributed by atoms with van der Waals surface area (Å²) in [5.41, 5.74) is 9.34. The Morgan fingerprint density at radius 1 is 1.26 bits per heavy atom. The van der Waals surface area contributed by atoms with Gasteiger partial charge in [-0.1, -0.05) is 25.0 Å². The van der Waals surface area contributed by atoms with Gasteiger partial charge in [-0.25, -0.2) is 4.98 Å². The fourth-order valence-corrected chi connectivity index (χ4v) is 3.74. The largest absolute Gasteiger partial charge is 0.383 e. The van der Waals surface area contributed by atoms with E-state index < -0.39 is 0 Å². The lowest BCUT2D eigenvalue weighted by atomic mass is 10.0. The van der Waals surface area contributed by atoms with Crippen molar-refractivity contribution >= 4 is 11.7 Å². The predicted molar refractivity (Wildman–Crippen MR) is 111 cm³/mol.